The van der Waals surface area contributed by atoms with Crippen LogP contribution in [0.5, 0.6) is 0 Å². The third-order valence-corrected chi connectivity index (χ3v) is 5.59. The number of likely N-dealkylation sites (tertiary alicyclic amines) is 1. The normalized spacial score (nSPS) is 44.2. The number of ether oxygens (including phenoxy) is 1. The average molecular weight is 252 g/mol. The van der Waals surface area contributed by atoms with E-state index in [1.165, 1.54) is 32.4 Å². The maximum atomic E-state index is 6.19. The highest BCUT2D eigenvalue weighted by molar-refractivity contribution is 5.03. The Bertz CT molecular complexity index is 306. The van der Waals surface area contributed by atoms with E-state index >= 15 is 0 Å². The summed E-state index contributed by atoms with van der Waals surface area (Å²) in [6, 6.07) is 0. The van der Waals surface area contributed by atoms with Gasteiger partial charge in [0, 0.05) is 31.8 Å². The van der Waals surface area contributed by atoms with Gasteiger partial charge >= 0.3 is 0 Å². The fourth-order valence-corrected chi connectivity index (χ4v) is 4.64. The molecule has 0 amide bonds. The second-order valence-electron chi connectivity index (χ2n) is 7.32. The van der Waals surface area contributed by atoms with Gasteiger partial charge in [-0.05, 0) is 51.4 Å². The molecule has 104 valence electrons. The SMILES string of the molecule is CC1(C)CC(CN)(N2CC3CCCC3C2)CCO1. The maximum absolute atomic E-state index is 6.19. The molecule has 1 aliphatic carbocycles. The minimum Gasteiger partial charge on any atom is -0.375 e. The minimum absolute atomic E-state index is 0.00464. The van der Waals surface area contributed by atoms with Gasteiger partial charge in [-0.1, -0.05) is 6.42 Å². The van der Waals surface area contributed by atoms with Crippen LogP contribution < -0.4 is 5.73 Å². The van der Waals surface area contributed by atoms with E-state index in [0.29, 0.717) is 0 Å². The van der Waals surface area contributed by atoms with Gasteiger partial charge in [-0.15, -0.1) is 0 Å². The van der Waals surface area contributed by atoms with E-state index in [1.807, 2.05) is 0 Å². The fourth-order valence-electron chi connectivity index (χ4n) is 4.64. The average Bonchev–Trinajstić information content (AvgIpc) is 2.87. The molecule has 0 aromatic carbocycles. The fraction of sp³-hybridized carbons (Fsp3) is 1.00. The van der Waals surface area contributed by atoms with Gasteiger partial charge in [-0.2, -0.15) is 0 Å². The largest absolute Gasteiger partial charge is 0.375 e. The zero-order valence-corrected chi connectivity index (χ0v) is 12.0. The Kier molecular flexibility index (Phi) is 3.20. The Morgan fingerprint density at radius 2 is 1.89 bits per heavy atom. The van der Waals surface area contributed by atoms with Crippen molar-refractivity contribution in [1.29, 1.82) is 0 Å². The van der Waals surface area contributed by atoms with Gasteiger partial charge in [-0.25, -0.2) is 0 Å². The monoisotopic (exact) mass is 252 g/mol. The lowest BCUT2D eigenvalue weighted by molar-refractivity contribution is -0.115. The summed E-state index contributed by atoms with van der Waals surface area (Å²) < 4.78 is 5.89. The van der Waals surface area contributed by atoms with Gasteiger partial charge in [-0.3, -0.25) is 4.90 Å². The van der Waals surface area contributed by atoms with Crippen molar-refractivity contribution in [3.05, 3.63) is 0 Å². The molecule has 2 heterocycles. The second-order valence-corrected chi connectivity index (χ2v) is 7.32. The van der Waals surface area contributed by atoms with Crippen LogP contribution in [0.25, 0.3) is 0 Å². The van der Waals surface area contributed by atoms with Crippen LogP contribution in [-0.4, -0.2) is 42.3 Å². The first-order chi connectivity index (χ1) is 8.55. The number of nitrogens with two attached hydrogens (primary N) is 1. The van der Waals surface area contributed by atoms with E-state index < -0.39 is 0 Å². The lowest BCUT2D eigenvalue weighted by Gasteiger charge is -2.49. The van der Waals surface area contributed by atoms with Crippen molar-refractivity contribution in [2.45, 2.75) is 57.1 Å². The summed E-state index contributed by atoms with van der Waals surface area (Å²) in [5, 5.41) is 0. The quantitative estimate of drug-likeness (QED) is 0.817. The summed E-state index contributed by atoms with van der Waals surface area (Å²) in [4.78, 5) is 2.73. The lowest BCUT2D eigenvalue weighted by atomic mass is 9.80. The number of hydrogen-bond acceptors (Lipinski definition) is 3. The molecule has 3 unspecified atom stereocenters. The van der Waals surface area contributed by atoms with Gasteiger partial charge in [0.05, 0.1) is 5.60 Å². The van der Waals surface area contributed by atoms with Crippen molar-refractivity contribution in [3.63, 3.8) is 0 Å². The van der Waals surface area contributed by atoms with Crippen LogP contribution in [0, 0.1) is 11.8 Å². The van der Waals surface area contributed by atoms with E-state index in [4.69, 9.17) is 10.5 Å². The number of fused-ring (bicyclic) bond motifs is 1. The molecule has 0 spiro atoms. The topological polar surface area (TPSA) is 38.5 Å². The predicted molar refractivity (Wildman–Crippen MR) is 73.5 cm³/mol. The molecule has 3 nitrogen and oxygen atoms in total. The van der Waals surface area contributed by atoms with Crippen LogP contribution in [0.3, 0.4) is 0 Å². The summed E-state index contributed by atoms with van der Waals surface area (Å²) in [5.41, 5.74) is 6.40. The summed E-state index contributed by atoms with van der Waals surface area (Å²) in [5.74, 6) is 1.92. The van der Waals surface area contributed by atoms with E-state index in [-0.39, 0.29) is 11.1 Å². The molecule has 0 radical (unpaired) electrons. The van der Waals surface area contributed by atoms with Crippen molar-refractivity contribution in [2.24, 2.45) is 17.6 Å². The molecule has 0 bridgehead atoms. The van der Waals surface area contributed by atoms with Crippen LogP contribution in [0.4, 0.5) is 0 Å². The van der Waals surface area contributed by atoms with E-state index in [1.54, 1.807) is 0 Å². The van der Waals surface area contributed by atoms with Crippen LogP contribution in [-0.2, 0) is 4.74 Å². The van der Waals surface area contributed by atoms with Crippen molar-refractivity contribution in [3.8, 4) is 0 Å². The third kappa shape index (κ3) is 2.10. The standard InChI is InChI=1S/C15H28N2O/c1-14(2)10-15(11-16,6-7-18-14)17-8-12-4-3-5-13(12)9-17/h12-13H,3-11,16H2,1-2H3. The van der Waals surface area contributed by atoms with Crippen molar-refractivity contribution < 1.29 is 4.74 Å². The summed E-state index contributed by atoms with van der Waals surface area (Å²) in [6.45, 7) is 8.67. The zero-order valence-electron chi connectivity index (χ0n) is 12.0. The lowest BCUT2D eigenvalue weighted by Crippen LogP contribution is -2.60. The summed E-state index contributed by atoms with van der Waals surface area (Å²) in [7, 11) is 0. The zero-order chi connectivity index (χ0) is 12.8. The summed E-state index contributed by atoms with van der Waals surface area (Å²) >= 11 is 0. The Balaban J connectivity index is 1.75. The van der Waals surface area contributed by atoms with E-state index in [0.717, 1.165) is 37.8 Å². The predicted octanol–water partition coefficient (Wildman–Crippen LogP) is 2.00. The molecule has 3 fully saturated rings. The van der Waals surface area contributed by atoms with Gasteiger partial charge in [0.25, 0.3) is 0 Å². The van der Waals surface area contributed by atoms with E-state index in [9.17, 15) is 0 Å². The molecule has 0 aromatic heterocycles. The molecular formula is C15H28N2O. The molecule has 2 aliphatic heterocycles. The minimum atomic E-state index is -0.00464. The van der Waals surface area contributed by atoms with Crippen molar-refractivity contribution in [1.82, 2.24) is 4.90 Å². The first kappa shape index (κ1) is 12.9. The molecule has 3 atom stereocenters. The van der Waals surface area contributed by atoms with Crippen LogP contribution >= 0.6 is 0 Å². The summed E-state index contributed by atoms with van der Waals surface area (Å²) in [6.07, 6.45) is 6.55. The Morgan fingerprint density at radius 3 is 2.44 bits per heavy atom. The Morgan fingerprint density at radius 1 is 1.22 bits per heavy atom. The molecule has 3 aliphatic rings. The second kappa shape index (κ2) is 4.46. The third-order valence-electron chi connectivity index (χ3n) is 5.59. The van der Waals surface area contributed by atoms with Crippen molar-refractivity contribution in [2.75, 3.05) is 26.2 Å². The molecule has 18 heavy (non-hydrogen) atoms. The van der Waals surface area contributed by atoms with Gasteiger partial charge in [0.15, 0.2) is 0 Å². The molecule has 1 saturated carbocycles. The molecule has 3 heteroatoms. The molecule has 2 saturated heterocycles. The molecule has 2 N–H and O–H groups in total. The number of hydrogen-bond donors (Lipinski definition) is 1. The van der Waals surface area contributed by atoms with Crippen LogP contribution in [0.1, 0.15) is 46.0 Å². The first-order valence-corrected chi connectivity index (χ1v) is 7.64. The molecule has 3 rings (SSSR count). The van der Waals surface area contributed by atoms with E-state index in [2.05, 4.69) is 18.7 Å². The highest BCUT2D eigenvalue weighted by atomic mass is 16.5. The Labute approximate surface area is 111 Å². The van der Waals surface area contributed by atoms with Crippen molar-refractivity contribution >= 4 is 0 Å². The van der Waals surface area contributed by atoms with Crippen LogP contribution in [0.2, 0.25) is 0 Å². The smallest absolute Gasteiger partial charge is 0.0644 e. The van der Waals surface area contributed by atoms with Crippen LogP contribution in [0.15, 0.2) is 0 Å². The highest BCUT2D eigenvalue weighted by Gasteiger charge is 2.49. The molecular weight excluding hydrogens is 224 g/mol. The molecule has 0 aromatic rings. The maximum Gasteiger partial charge on any atom is 0.0644 e. The first-order valence-electron chi connectivity index (χ1n) is 7.64. The number of nitrogens with zero attached hydrogens (tertiary/aromatic N) is 1. The highest BCUT2D eigenvalue weighted by Crippen LogP contribution is 2.44. The Hall–Kier alpha value is -0.120. The number of rotatable bonds is 2. The van der Waals surface area contributed by atoms with Gasteiger partial charge in [0.1, 0.15) is 0 Å². The van der Waals surface area contributed by atoms with Gasteiger partial charge < -0.3 is 10.5 Å². The van der Waals surface area contributed by atoms with Gasteiger partial charge in [0.2, 0.25) is 0 Å².